The highest BCUT2D eigenvalue weighted by Gasteiger charge is 2.27. The van der Waals surface area contributed by atoms with Crippen molar-refractivity contribution >= 4 is 19.6 Å². The van der Waals surface area contributed by atoms with E-state index in [1.54, 1.807) is 30.3 Å². The molecule has 0 unspecified atom stereocenters. The van der Waals surface area contributed by atoms with Gasteiger partial charge in [-0.15, -0.1) is 0 Å². The summed E-state index contributed by atoms with van der Waals surface area (Å²) in [6.45, 7) is 0. The lowest BCUT2D eigenvalue weighted by atomic mass is 10.2. The molecule has 0 atom stereocenters. The maximum atomic E-state index is 10.8. The Kier molecular flexibility index (Phi) is 3.42. The third kappa shape index (κ3) is 3.32. The van der Waals surface area contributed by atoms with Crippen LogP contribution in [0.1, 0.15) is 5.56 Å². The van der Waals surface area contributed by atoms with Crippen molar-refractivity contribution in [1.29, 1.82) is 0 Å². The van der Waals surface area contributed by atoms with E-state index in [2.05, 4.69) is 0 Å². The van der Waals surface area contributed by atoms with Gasteiger partial charge in [-0.3, -0.25) is 4.57 Å². The number of benzene rings is 1. The minimum absolute atomic E-state index is 0.429. The summed E-state index contributed by atoms with van der Waals surface area (Å²) in [5, 5.41) is 7.70. The van der Waals surface area contributed by atoms with E-state index in [9.17, 15) is 9.36 Å². The molecule has 0 radical (unpaired) electrons. The number of carboxylic acids is 1. The van der Waals surface area contributed by atoms with Gasteiger partial charge in [0.25, 0.3) is 0 Å². The Morgan fingerprint density at radius 3 is 2.13 bits per heavy atom. The monoisotopic (exact) mass is 228 g/mol. The molecule has 0 saturated carbocycles. The van der Waals surface area contributed by atoms with Gasteiger partial charge in [0.2, 0.25) is 0 Å². The predicted molar refractivity (Wildman–Crippen MR) is 54.1 cm³/mol. The van der Waals surface area contributed by atoms with E-state index >= 15 is 0 Å². The molecule has 0 aliphatic carbocycles. The fourth-order valence-electron chi connectivity index (χ4n) is 0.978. The normalized spacial score (nSPS) is 12.5. The third-order valence-electron chi connectivity index (χ3n) is 1.64. The van der Waals surface area contributed by atoms with Gasteiger partial charge in [0.15, 0.2) is 0 Å². The van der Waals surface area contributed by atoms with Crippen LogP contribution in [0.15, 0.2) is 35.6 Å². The topological polar surface area (TPSA) is 94.8 Å². The van der Waals surface area contributed by atoms with Gasteiger partial charge in [-0.1, -0.05) is 30.3 Å². The molecule has 6 heteroatoms. The van der Waals surface area contributed by atoms with Crippen molar-refractivity contribution in [2.45, 2.75) is 0 Å². The second-order valence-electron chi connectivity index (χ2n) is 2.79. The van der Waals surface area contributed by atoms with Crippen molar-refractivity contribution in [3.05, 3.63) is 41.2 Å². The number of carboxylic acid groups (broad SMARTS) is 1. The maximum absolute atomic E-state index is 10.8. The number of hydrogen-bond acceptors (Lipinski definition) is 2. The molecule has 5 nitrogen and oxygen atoms in total. The zero-order chi connectivity index (χ0) is 11.5. The van der Waals surface area contributed by atoms with E-state index in [0.29, 0.717) is 5.56 Å². The molecule has 15 heavy (non-hydrogen) atoms. The first-order chi connectivity index (χ1) is 6.91. The molecule has 0 bridgehead atoms. The summed E-state index contributed by atoms with van der Waals surface area (Å²) >= 11 is 0. The first kappa shape index (κ1) is 11.7. The lowest BCUT2D eigenvalue weighted by Gasteiger charge is -2.04. The molecule has 3 N–H and O–H groups in total. The van der Waals surface area contributed by atoms with Crippen molar-refractivity contribution in [3.8, 4) is 0 Å². The standard InChI is InChI=1S/C9H9O5P/c10-9(11)8(15(12,13)14)6-7-4-2-1-3-5-7/h1-6H,(H,10,11)(H2,12,13,14)/b8-6-. The van der Waals surface area contributed by atoms with Crippen LogP contribution in [0, 0.1) is 0 Å². The van der Waals surface area contributed by atoms with Crippen LogP contribution in [0.3, 0.4) is 0 Å². The SMILES string of the molecule is O=C(O)/C(=C/c1ccccc1)P(=O)(O)O. The van der Waals surface area contributed by atoms with Crippen molar-refractivity contribution in [2.24, 2.45) is 0 Å². The summed E-state index contributed by atoms with van der Waals surface area (Å²) in [6, 6.07) is 8.11. The van der Waals surface area contributed by atoms with Crippen molar-refractivity contribution in [2.75, 3.05) is 0 Å². The predicted octanol–water partition coefficient (Wildman–Crippen LogP) is 1.29. The van der Waals surface area contributed by atoms with Gasteiger partial charge in [0, 0.05) is 0 Å². The average Bonchev–Trinajstić information content (AvgIpc) is 2.13. The molecule has 1 rings (SSSR count). The van der Waals surface area contributed by atoms with Crippen LogP contribution < -0.4 is 0 Å². The first-order valence-electron chi connectivity index (χ1n) is 3.97. The van der Waals surface area contributed by atoms with Gasteiger partial charge in [0.1, 0.15) is 5.31 Å². The molecule has 0 aliphatic rings. The van der Waals surface area contributed by atoms with E-state index in [4.69, 9.17) is 14.9 Å². The fourth-order valence-corrected chi connectivity index (χ4v) is 1.54. The zero-order valence-electron chi connectivity index (χ0n) is 7.57. The molecule has 0 aliphatic heterocycles. The molecule has 0 heterocycles. The van der Waals surface area contributed by atoms with Crippen molar-refractivity contribution in [1.82, 2.24) is 0 Å². The van der Waals surface area contributed by atoms with Crippen LogP contribution in [-0.2, 0) is 9.36 Å². The molecule has 1 aromatic rings. The van der Waals surface area contributed by atoms with Gasteiger partial charge in [-0.25, -0.2) is 4.79 Å². The number of rotatable bonds is 3. The summed E-state index contributed by atoms with van der Waals surface area (Å²) in [4.78, 5) is 28.1. The summed E-state index contributed by atoms with van der Waals surface area (Å²) in [5.41, 5.74) is 0.429. The number of hydrogen-bond donors (Lipinski definition) is 3. The molecule has 0 aromatic heterocycles. The Labute approximate surface area is 85.8 Å². The smallest absolute Gasteiger partial charge is 0.363 e. The molecule has 0 saturated heterocycles. The van der Waals surface area contributed by atoms with Crippen LogP contribution in [0.5, 0.6) is 0 Å². The number of carbonyl (C=O) groups is 1. The molecular formula is C9H9O5P. The van der Waals surface area contributed by atoms with Gasteiger partial charge < -0.3 is 14.9 Å². The Balaban J connectivity index is 3.18. The summed E-state index contributed by atoms with van der Waals surface area (Å²) < 4.78 is 10.8. The van der Waals surface area contributed by atoms with Crippen LogP contribution in [-0.4, -0.2) is 20.9 Å². The first-order valence-corrected chi connectivity index (χ1v) is 5.58. The van der Waals surface area contributed by atoms with Crippen molar-refractivity contribution < 1.29 is 24.3 Å². The summed E-state index contributed by atoms with van der Waals surface area (Å²) in [7, 11) is -4.74. The quantitative estimate of drug-likeness (QED) is 0.535. The lowest BCUT2D eigenvalue weighted by Crippen LogP contribution is -2.00. The van der Waals surface area contributed by atoms with E-state index in [-0.39, 0.29) is 0 Å². The van der Waals surface area contributed by atoms with E-state index < -0.39 is 18.9 Å². The lowest BCUT2D eigenvalue weighted by molar-refractivity contribution is -0.131. The van der Waals surface area contributed by atoms with E-state index in [1.165, 1.54) is 0 Å². The average molecular weight is 228 g/mol. The molecule has 0 amide bonds. The highest BCUT2D eigenvalue weighted by atomic mass is 31.2. The second kappa shape index (κ2) is 4.40. The molecule has 80 valence electrons. The molecule has 1 aromatic carbocycles. The minimum Gasteiger partial charge on any atom is -0.477 e. The third-order valence-corrected chi connectivity index (χ3v) is 2.58. The highest BCUT2D eigenvalue weighted by molar-refractivity contribution is 7.58. The zero-order valence-corrected chi connectivity index (χ0v) is 8.46. The highest BCUT2D eigenvalue weighted by Crippen LogP contribution is 2.45. The fraction of sp³-hybridized carbons (Fsp3) is 0. The Morgan fingerprint density at radius 1 is 1.20 bits per heavy atom. The maximum Gasteiger partial charge on any atom is 0.363 e. The van der Waals surface area contributed by atoms with Crippen molar-refractivity contribution in [3.63, 3.8) is 0 Å². The molecule has 0 fully saturated rings. The Morgan fingerprint density at radius 2 is 1.73 bits per heavy atom. The van der Waals surface area contributed by atoms with Crippen LogP contribution in [0.4, 0.5) is 0 Å². The Hall–Kier alpha value is -1.42. The van der Waals surface area contributed by atoms with Crippen LogP contribution in [0.2, 0.25) is 0 Å². The van der Waals surface area contributed by atoms with Crippen LogP contribution >= 0.6 is 7.60 Å². The van der Waals surface area contributed by atoms with Gasteiger partial charge in [-0.2, -0.15) is 0 Å². The van der Waals surface area contributed by atoms with E-state index in [0.717, 1.165) is 6.08 Å². The van der Waals surface area contributed by atoms with Gasteiger partial charge in [-0.05, 0) is 11.6 Å². The molecular weight excluding hydrogens is 219 g/mol. The largest absolute Gasteiger partial charge is 0.477 e. The minimum atomic E-state index is -4.74. The summed E-state index contributed by atoms with van der Waals surface area (Å²) in [5.74, 6) is -1.62. The molecule has 0 spiro atoms. The van der Waals surface area contributed by atoms with Gasteiger partial charge in [0.05, 0.1) is 0 Å². The van der Waals surface area contributed by atoms with Gasteiger partial charge >= 0.3 is 13.6 Å². The second-order valence-corrected chi connectivity index (χ2v) is 4.36. The number of aliphatic carboxylic acids is 1. The van der Waals surface area contributed by atoms with Crippen LogP contribution in [0.25, 0.3) is 6.08 Å². The Bertz CT molecular complexity index is 431. The van der Waals surface area contributed by atoms with E-state index in [1.807, 2.05) is 0 Å². The summed E-state index contributed by atoms with van der Waals surface area (Å²) in [6.07, 6.45) is 0.961.